The van der Waals surface area contributed by atoms with Crippen molar-refractivity contribution in [2.75, 3.05) is 6.54 Å². The Morgan fingerprint density at radius 2 is 2.05 bits per heavy atom. The maximum absolute atomic E-state index is 10.9. The van der Waals surface area contributed by atoms with Gasteiger partial charge in [-0.1, -0.05) is 32.0 Å². The minimum atomic E-state index is -0.954. The third kappa shape index (κ3) is 4.91. The fraction of sp³-hybridized carbons (Fsp3) is 0.533. The highest BCUT2D eigenvalue weighted by molar-refractivity contribution is 5.72. The third-order valence-electron chi connectivity index (χ3n) is 2.80. The summed E-state index contributed by atoms with van der Waals surface area (Å²) >= 11 is 0. The molecule has 106 valence electrons. The van der Waals surface area contributed by atoms with Gasteiger partial charge >= 0.3 is 5.97 Å². The molecule has 0 saturated carbocycles. The van der Waals surface area contributed by atoms with E-state index in [1.807, 2.05) is 25.1 Å². The molecule has 0 fully saturated rings. The van der Waals surface area contributed by atoms with E-state index in [9.17, 15) is 4.79 Å². The number of aliphatic carboxylic acids is 1. The second-order valence-corrected chi connectivity index (χ2v) is 5.19. The average Bonchev–Trinajstić information content (AvgIpc) is 2.32. The summed E-state index contributed by atoms with van der Waals surface area (Å²) in [5.41, 5.74) is 1.95. The standard InChI is InChI=1S/C15H23NO3/c1-10(2)8-16-9-13-7-5-6-11(3)14(13)19-12(4)15(17)18/h5-7,10,12,16H,8-9H2,1-4H3,(H,17,18). The van der Waals surface area contributed by atoms with E-state index < -0.39 is 12.1 Å². The van der Waals surface area contributed by atoms with Gasteiger partial charge in [-0.2, -0.15) is 0 Å². The van der Waals surface area contributed by atoms with E-state index >= 15 is 0 Å². The van der Waals surface area contributed by atoms with Crippen LogP contribution < -0.4 is 10.1 Å². The average molecular weight is 265 g/mol. The summed E-state index contributed by atoms with van der Waals surface area (Å²) in [4.78, 5) is 10.9. The van der Waals surface area contributed by atoms with Gasteiger partial charge in [-0.3, -0.25) is 0 Å². The van der Waals surface area contributed by atoms with Gasteiger partial charge in [-0.15, -0.1) is 0 Å². The monoisotopic (exact) mass is 265 g/mol. The Bertz CT molecular complexity index is 429. The van der Waals surface area contributed by atoms with Crippen LogP contribution in [-0.4, -0.2) is 23.7 Å². The molecule has 0 heterocycles. The molecule has 0 aliphatic heterocycles. The molecule has 19 heavy (non-hydrogen) atoms. The van der Waals surface area contributed by atoms with Crippen LogP contribution in [0.2, 0.25) is 0 Å². The number of aryl methyl sites for hydroxylation is 1. The Morgan fingerprint density at radius 3 is 2.63 bits per heavy atom. The van der Waals surface area contributed by atoms with Crippen LogP contribution in [0, 0.1) is 12.8 Å². The number of benzene rings is 1. The lowest BCUT2D eigenvalue weighted by Crippen LogP contribution is -2.25. The maximum atomic E-state index is 10.9. The first-order valence-electron chi connectivity index (χ1n) is 6.60. The fourth-order valence-corrected chi connectivity index (χ4v) is 1.74. The van der Waals surface area contributed by atoms with Crippen molar-refractivity contribution in [3.63, 3.8) is 0 Å². The third-order valence-corrected chi connectivity index (χ3v) is 2.80. The second kappa shape index (κ2) is 7.14. The van der Waals surface area contributed by atoms with E-state index in [1.54, 1.807) is 6.92 Å². The van der Waals surface area contributed by atoms with E-state index in [0.29, 0.717) is 18.2 Å². The lowest BCUT2D eigenvalue weighted by molar-refractivity contribution is -0.144. The molecule has 1 unspecified atom stereocenters. The largest absolute Gasteiger partial charge is 0.479 e. The molecule has 1 atom stereocenters. The molecule has 4 heteroatoms. The SMILES string of the molecule is Cc1cccc(CNCC(C)C)c1OC(C)C(=O)O. The summed E-state index contributed by atoms with van der Waals surface area (Å²) in [6.07, 6.45) is -0.843. The van der Waals surface area contributed by atoms with E-state index in [4.69, 9.17) is 9.84 Å². The summed E-state index contributed by atoms with van der Waals surface area (Å²) in [6, 6.07) is 5.85. The van der Waals surface area contributed by atoms with Crippen molar-refractivity contribution in [3.8, 4) is 5.75 Å². The lowest BCUT2D eigenvalue weighted by Gasteiger charge is -2.17. The molecule has 0 aliphatic carbocycles. The molecular formula is C15H23NO3. The smallest absolute Gasteiger partial charge is 0.344 e. The minimum absolute atomic E-state index is 0.576. The molecule has 0 radical (unpaired) electrons. The predicted molar refractivity (Wildman–Crippen MR) is 75.4 cm³/mol. The first-order chi connectivity index (χ1) is 8.91. The molecular weight excluding hydrogens is 242 g/mol. The molecule has 0 amide bonds. The van der Waals surface area contributed by atoms with Gasteiger partial charge in [0.1, 0.15) is 5.75 Å². The molecule has 0 aromatic heterocycles. The van der Waals surface area contributed by atoms with Gasteiger partial charge in [0.15, 0.2) is 6.10 Å². The number of nitrogens with one attached hydrogen (secondary N) is 1. The summed E-state index contributed by atoms with van der Waals surface area (Å²) in [7, 11) is 0. The fourth-order valence-electron chi connectivity index (χ4n) is 1.74. The van der Waals surface area contributed by atoms with Crippen molar-refractivity contribution in [3.05, 3.63) is 29.3 Å². The summed E-state index contributed by atoms with van der Waals surface area (Å²) in [6.45, 7) is 9.36. The van der Waals surface area contributed by atoms with Crippen LogP contribution in [0.3, 0.4) is 0 Å². The first kappa shape index (κ1) is 15.5. The summed E-state index contributed by atoms with van der Waals surface area (Å²) < 4.78 is 5.56. The van der Waals surface area contributed by atoms with E-state index in [1.165, 1.54) is 0 Å². The van der Waals surface area contributed by atoms with Crippen LogP contribution in [-0.2, 0) is 11.3 Å². The Kier molecular flexibility index (Phi) is 5.83. The number of hydrogen-bond acceptors (Lipinski definition) is 3. The van der Waals surface area contributed by atoms with Crippen LogP contribution in [0.1, 0.15) is 31.9 Å². The second-order valence-electron chi connectivity index (χ2n) is 5.19. The quantitative estimate of drug-likeness (QED) is 0.795. The summed E-state index contributed by atoms with van der Waals surface area (Å²) in [5.74, 6) is 0.296. The van der Waals surface area contributed by atoms with Gasteiger partial charge in [0, 0.05) is 12.1 Å². The molecule has 0 spiro atoms. The molecule has 4 nitrogen and oxygen atoms in total. The molecule has 0 bridgehead atoms. The van der Waals surface area contributed by atoms with Gasteiger partial charge in [0.2, 0.25) is 0 Å². The van der Waals surface area contributed by atoms with E-state index in [-0.39, 0.29) is 0 Å². The molecule has 1 rings (SSSR count). The van der Waals surface area contributed by atoms with Gasteiger partial charge in [-0.05, 0) is 31.9 Å². The van der Waals surface area contributed by atoms with Crippen molar-refractivity contribution >= 4 is 5.97 Å². The van der Waals surface area contributed by atoms with Crippen molar-refractivity contribution in [1.82, 2.24) is 5.32 Å². The van der Waals surface area contributed by atoms with Crippen LogP contribution >= 0.6 is 0 Å². The van der Waals surface area contributed by atoms with Gasteiger partial charge < -0.3 is 15.2 Å². The molecule has 2 N–H and O–H groups in total. The van der Waals surface area contributed by atoms with E-state index in [2.05, 4.69) is 19.2 Å². The predicted octanol–water partition coefficient (Wildman–Crippen LogP) is 2.59. The van der Waals surface area contributed by atoms with Crippen molar-refractivity contribution in [2.45, 2.75) is 40.3 Å². The summed E-state index contributed by atoms with van der Waals surface area (Å²) in [5, 5.41) is 12.3. The normalized spacial score (nSPS) is 12.5. The lowest BCUT2D eigenvalue weighted by atomic mass is 10.1. The highest BCUT2D eigenvalue weighted by Gasteiger charge is 2.16. The maximum Gasteiger partial charge on any atom is 0.344 e. The Balaban J connectivity index is 2.80. The molecule has 0 aliphatic rings. The Morgan fingerprint density at radius 1 is 1.37 bits per heavy atom. The highest BCUT2D eigenvalue weighted by atomic mass is 16.5. The zero-order valence-corrected chi connectivity index (χ0v) is 12.1. The topological polar surface area (TPSA) is 58.6 Å². The Labute approximate surface area is 114 Å². The Hall–Kier alpha value is -1.55. The van der Waals surface area contributed by atoms with Crippen LogP contribution in [0.25, 0.3) is 0 Å². The van der Waals surface area contributed by atoms with Crippen molar-refractivity contribution in [2.24, 2.45) is 5.92 Å². The number of carboxylic acids is 1. The molecule has 1 aromatic rings. The van der Waals surface area contributed by atoms with Crippen molar-refractivity contribution < 1.29 is 14.6 Å². The minimum Gasteiger partial charge on any atom is -0.479 e. The van der Waals surface area contributed by atoms with Gasteiger partial charge in [-0.25, -0.2) is 4.79 Å². The zero-order chi connectivity index (χ0) is 14.4. The van der Waals surface area contributed by atoms with Crippen LogP contribution in [0.15, 0.2) is 18.2 Å². The van der Waals surface area contributed by atoms with Gasteiger partial charge in [0.05, 0.1) is 0 Å². The molecule has 0 saturated heterocycles. The van der Waals surface area contributed by atoms with Crippen LogP contribution in [0.4, 0.5) is 0 Å². The number of carbonyl (C=O) groups is 1. The molecule has 1 aromatic carbocycles. The zero-order valence-electron chi connectivity index (χ0n) is 12.1. The van der Waals surface area contributed by atoms with Crippen LogP contribution in [0.5, 0.6) is 5.75 Å². The van der Waals surface area contributed by atoms with Crippen molar-refractivity contribution in [1.29, 1.82) is 0 Å². The van der Waals surface area contributed by atoms with E-state index in [0.717, 1.165) is 17.7 Å². The number of carboxylic acid groups (broad SMARTS) is 1. The number of rotatable bonds is 7. The number of ether oxygens (including phenoxy) is 1. The number of hydrogen-bond donors (Lipinski definition) is 2. The number of para-hydroxylation sites is 1. The van der Waals surface area contributed by atoms with Gasteiger partial charge in [0.25, 0.3) is 0 Å². The first-order valence-corrected chi connectivity index (χ1v) is 6.60. The highest BCUT2D eigenvalue weighted by Crippen LogP contribution is 2.24.